The van der Waals surface area contributed by atoms with Gasteiger partial charge in [0.05, 0.1) is 11.3 Å². The lowest BCUT2D eigenvalue weighted by atomic mass is 9.85. The lowest BCUT2D eigenvalue weighted by molar-refractivity contribution is -0.120. The monoisotopic (exact) mass is 538 g/mol. The molecule has 196 valence electrons. The SMILES string of the molecule is Cc1ccc(OC(=O)c2ccc(NC3=C(Cl)C(=O)N(c4cccc5ccccc45)C3=O)cc2)c(C(C)(C)C)c1. The maximum atomic E-state index is 13.3. The number of nitrogens with zero attached hydrogens (tertiary/aromatic N) is 1. The van der Waals surface area contributed by atoms with Crippen molar-refractivity contribution in [3.8, 4) is 5.75 Å². The highest BCUT2D eigenvalue weighted by atomic mass is 35.5. The lowest BCUT2D eigenvalue weighted by Gasteiger charge is -2.22. The van der Waals surface area contributed by atoms with Crippen molar-refractivity contribution < 1.29 is 19.1 Å². The summed E-state index contributed by atoms with van der Waals surface area (Å²) in [6.07, 6.45) is 0. The first-order valence-electron chi connectivity index (χ1n) is 12.5. The maximum absolute atomic E-state index is 13.3. The Morgan fingerprint density at radius 3 is 2.28 bits per heavy atom. The van der Waals surface area contributed by atoms with Gasteiger partial charge in [-0.05, 0) is 54.1 Å². The molecule has 0 fully saturated rings. The van der Waals surface area contributed by atoms with Crippen molar-refractivity contribution in [1.29, 1.82) is 0 Å². The number of carbonyl (C=O) groups is 3. The highest BCUT2D eigenvalue weighted by molar-refractivity contribution is 6.53. The standard InChI is InChI=1S/C32H27ClN2O4/c1-19-12-17-26(24(18-19)32(2,3)4)39-31(38)21-13-15-22(16-14-21)34-28-27(33)29(36)35(30(28)37)25-11-7-9-20-8-5-6-10-23(20)25/h5-18,34H,1-4H3. The summed E-state index contributed by atoms with van der Waals surface area (Å²) in [7, 11) is 0. The van der Waals surface area contributed by atoms with Crippen molar-refractivity contribution in [1.82, 2.24) is 0 Å². The first-order chi connectivity index (χ1) is 18.5. The fourth-order valence-electron chi connectivity index (χ4n) is 4.55. The van der Waals surface area contributed by atoms with E-state index in [1.807, 2.05) is 55.5 Å². The van der Waals surface area contributed by atoms with Gasteiger partial charge in [-0.3, -0.25) is 9.59 Å². The number of aryl methyl sites for hydroxylation is 1. The lowest BCUT2D eigenvalue weighted by Crippen LogP contribution is -2.32. The Morgan fingerprint density at radius 2 is 1.56 bits per heavy atom. The Kier molecular flexibility index (Phi) is 6.74. The molecule has 0 spiro atoms. The van der Waals surface area contributed by atoms with E-state index in [2.05, 4.69) is 26.1 Å². The number of carbonyl (C=O) groups excluding carboxylic acids is 3. The third-order valence-corrected chi connectivity index (χ3v) is 6.92. The molecule has 0 atom stereocenters. The molecule has 2 amide bonds. The molecular weight excluding hydrogens is 512 g/mol. The number of imide groups is 1. The van der Waals surface area contributed by atoms with Crippen LogP contribution >= 0.6 is 11.6 Å². The molecule has 39 heavy (non-hydrogen) atoms. The van der Waals surface area contributed by atoms with Gasteiger partial charge in [-0.25, -0.2) is 9.69 Å². The summed E-state index contributed by atoms with van der Waals surface area (Å²) >= 11 is 6.33. The number of halogens is 1. The van der Waals surface area contributed by atoms with Crippen LogP contribution < -0.4 is 15.0 Å². The van der Waals surface area contributed by atoms with Gasteiger partial charge in [0.2, 0.25) is 0 Å². The molecule has 1 heterocycles. The zero-order valence-electron chi connectivity index (χ0n) is 22.0. The Bertz CT molecular complexity index is 1660. The van der Waals surface area contributed by atoms with Gasteiger partial charge in [-0.1, -0.05) is 86.5 Å². The minimum atomic E-state index is -0.603. The fraction of sp³-hybridized carbons (Fsp3) is 0.156. The van der Waals surface area contributed by atoms with Crippen LogP contribution in [0.4, 0.5) is 11.4 Å². The average molecular weight is 539 g/mol. The van der Waals surface area contributed by atoms with Gasteiger partial charge in [0.15, 0.2) is 0 Å². The molecule has 6 nitrogen and oxygen atoms in total. The van der Waals surface area contributed by atoms with E-state index in [1.54, 1.807) is 36.4 Å². The third kappa shape index (κ3) is 5.03. The highest BCUT2D eigenvalue weighted by Crippen LogP contribution is 2.35. The number of ether oxygens (including phenoxy) is 1. The number of rotatable bonds is 5. The van der Waals surface area contributed by atoms with Crippen LogP contribution in [0.2, 0.25) is 0 Å². The molecule has 7 heteroatoms. The first kappa shape index (κ1) is 26.2. The summed E-state index contributed by atoms with van der Waals surface area (Å²) in [5.41, 5.74) is 3.09. The molecule has 1 aliphatic rings. The van der Waals surface area contributed by atoms with E-state index in [-0.39, 0.29) is 16.1 Å². The first-order valence-corrected chi connectivity index (χ1v) is 12.9. The molecule has 1 aliphatic heterocycles. The van der Waals surface area contributed by atoms with Gasteiger partial charge in [0.1, 0.15) is 16.5 Å². The minimum Gasteiger partial charge on any atom is -0.423 e. The van der Waals surface area contributed by atoms with Crippen LogP contribution in [0.3, 0.4) is 0 Å². The summed E-state index contributed by atoms with van der Waals surface area (Å²) in [4.78, 5) is 40.3. The van der Waals surface area contributed by atoms with Crippen LogP contribution in [0.5, 0.6) is 5.75 Å². The minimum absolute atomic E-state index is 0.0283. The predicted molar refractivity (Wildman–Crippen MR) is 154 cm³/mol. The van der Waals surface area contributed by atoms with E-state index >= 15 is 0 Å². The van der Waals surface area contributed by atoms with Gasteiger partial charge in [-0.2, -0.15) is 0 Å². The summed E-state index contributed by atoms with van der Waals surface area (Å²) in [6.45, 7) is 8.19. The van der Waals surface area contributed by atoms with Crippen molar-refractivity contribution in [3.63, 3.8) is 0 Å². The second-order valence-corrected chi connectivity index (χ2v) is 10.9. The number of fused-ring (bicyclic) bond motifs is 1. The van der Waals surface area contributed by atoms with Gasteiger partial charge in [-0.15, -0.1) is 0 Å². The molecule has 5 rings (SSSR count). The second-order valence-electron chi connectivity index (χ2n) is 10.5. The topological polar surface area (TPSA) is 75.7 Å². The smallest absolute Gasteiger partial charge is 0.343 e. The summed E-state index contributed by atoms with van der Waals surface area (Å²) < 4.78 is 5.74. The Labute approximate surface area is 231 Å². The van der Waals surface area contributed by atoms with E-state index in [1.165, 1.54) is 0 Å². The number of nitrogens with one attached hydrogen (secondary N) is 1. The molecule has 0 bridgehead atoms. The van der Waals surface area contributed by atoms with Gasteiger partial charge < -0.3 is 10.1 Å². The molecule has 4 aromatic carbocycles. The van der Waals surface area contributed by atoms with Crippen LogP contribution in [0.25, 0.3) is 10.8 Å². The predicted octanol–water partition coefficient (Wildman–Crippen LogP) is 7.10. The number of hydrogen-bond acceptors (Lipinski definition) is 5. The highest BCUT2D eigenvalue weighted by Gasteiger charge is 2.39. The van der Waals surface area contributed by atoms with Crippen LogP contribution in [0.1, 0.15) is 42.3 Å². The van der Waals surface area contributed by atoms with E-state index in [4.69, 9.17) is 16.3 Å². The zero-order chi connectivity index (χ0) is 27.9. The van der Waals surface area contributed by atoms with E-state index in [0.29, 0.717) is 22.7 Å². The van der Waals surface area contributed by atoms with Gasteiger partial charge in [0, 0.05) is 16.6 Å². The molecule has 0 radical (unpaired) electrons. The molecule has 0 aliphatic carbocycles. The zero-order valence-corrected chi connectivity index (χ0v) is 22.8. The van der Waals surface area contributed by atoms with Crippen molar-refractivity contribution in [2.24, 2.45) is 0 Å². The fourth-order valence-corrected chi connectivity index (χ4v) is 4.76. The van der Waals surface area contributed by atoms with Crippen molar-refractivity contribution >= 4 is 51.5 Å². The Hall–Kier alpha value is -4.42. The van der Waals surface area contributed by atoms with E-state index in [0.717, 1.165) is 26.8 Å². The van der Waals surface area contributed by atoms with Crippen LogP contribution in [-0.2, 0) is 15.0 Å². The van der Waals surface area contributed by atoms with Gasteiger partial charge >= 0.3 is 5.97 Å². The molecule has 1 N–H and O–H groups in total. The summed E-state index contributed by atoms with van der Waals surface area (Å²) in [5.74, 6) is -1.14. The Morgan fingerprint density at radius 1 is 0.872 bits per heavy atom. The quantitative estimate of drug-likeness (QED) is 0.167. The molecule has 0 aromatic heterocycles. The molecule has 0 saturated heterocycles. The number of amides is 2. The van der Waals surface area contributed by atoms with E-state index in [9.17, 15) is 14.4 Å². The average Bonchev–Trinajstić information content (AvgIpc) is 3.12. The number of esters is 1. The third-order valence-electron chi connectivity index (χ3n) is 6.57. The normalized spacial score (nSPS) is 13.8. The maximum Gasteiger partial charge on any atom is 0.343 e. The van der Waals surface area contributed by atoms with Crippen molar-refractivity contribution in [2.45, 2.75) is 33.1 Å². The summed E-state index contributed by atoms with van der Waals surface area (Å²) in [6, 6.07) is 25.1. The van der Waals surface area contributed by atoms with E-state index < -0.39 is 17.8 Å². The molecule has 0 unspecified atom stereocenters. The summed E-state index contributed by atoms with van der Waals surface area (Å²) in [5, 5.41) is 4.41. The number of anilines is 2. The van der Waals surface area contributed by atoms with Crippen LogP contribution in [-0.4, -0.2) is 17.8 Å². The second kappa shape index (κ2) is 10.0. The van der Waals surface area contributed by atoms with Crippen molar-refractivity contribution in [3.05, 3.63) is 112 Å². The largest absolute Gasteiger partial charge is 0.423 e. The van der Waals surface area contributed by atoms with Gasteiger partial charge in [0.25, 0.3) is 11.8 Å². The number of hydrogen-bond donors (Lipinski definition) is 1. The molecule has 4 aromatic rings. The van der Waals surface area contributed by atoms with Crippen LogP contribution in [0.15, 0.2) is 95.7 Å². The number of benzene rings is 4. The van der Waals surface area contributed by atoms with Crippen LogP contribution in [0, 0.1) is 6.92 Å². The Balaban J connectivity index is 1.34. The van der Waals surface area contributed by atoms with Crippen molar-refractivity contribution in [2.75, 3.05) is 10.2 Å². The molecular formula is C32H27ClN2O4. The molecule has 0 saturated carbocycles.